The van der Waals surface area contributed by atoms with Gasteiger partial charge in [-0.2, -0.15) is 0 Å². The molecule has 0 rings (SSSR count). The maximum Gasteiger partial charge on any atom is 0.472 e. The molecule has 5 atom stereocenters. The number of ether oxygens (including phenoxy) is 4. The number of hydrogen-bond acceptors (Lipinski definition) is 15. The van der Waals surface area contributed by atoms with Crippen LogP contribution in [0.3, 0.4) is 0 Å². The Hall–Kier alpha value is -1.94. The second-order valence-corrected chi connectivity index (χ2v) is 25.8. The van der Waals surface area contributed by atoms with E-state index in [2.05, 4.69) is 34.6 Å². The van der Waals surface area contributed by atoms with E-state index in [-0.39, 0.29) is 25.7 Å². The van der Waals surface area contributed by atoms with Crippen LogP contribution in [0.4, 0.5) is 0 Å². The number of unbranched alkanes of at least 4 members (excludes halogenated alkanes) is 34. The van der Waals surface area contributed by atoms with Crippen molar-refractivity contribution in [2.45, 2.75) is 329 Å². The molecular formula is C62H120O17P2. The van der Waals surface area contributed by atoms with Crippen molar-refractivity contribution < 1.29 is 80.2 Å². The summed E-state index contributed by atoms with van der Waals surface area (Å²) in [6, 6.07) is 0. The summed E-state index contributed by atoms with van der Waals surface area (Å²) in [7, 11) is -9.87. The second-order valence-electron chi connectivity index (χ2n) is 22.9. The van der Waals surface area contributed by atoms with Gasteiger partial charge in [0.15, 0.2) is 12.2 Å². The molecule has 0 bridgehead atoms. The maximum atomic E-state index is 13.0. The highest BCUT2D eigenvalue weighted by Gasteiger charge is 2.30. The Labute approximate surface area is 492 Å². The third-order valence-corrected chi connectivity index (χ3v) is 16.2. The van der Waals surface area contributed by atoms with Gasteiger partial charge < -0.3 is 33.8 Å². The van der Waals surface area contributed by atoms with Gasteiger partial charge in [0.05, 0.1) is 26.4 Å². The summed E-state index contributed by atoms with van der Waals surface area (Å²) in [4.78, 5) is 71.9. The first-order valence-corrected chi connectivity index (χ1v) is 35.6. The molecule has 0 amide bonds. The van der Waals surface area contributed by atoms with Crippen LogP contribution in [0, 0.1) is 5.92 Å². The number of rotatable bonds is 62. The van der Waals surface area contributed by atoms with Crippen molar-refractivity contribution in [3.63, 3.8) is 0 Å². The number of phosphoric acid groups is 2. The predicted molar refractivity (Wildman–Crippen MR) is 322 cm³/mol. The highest BCUT2D eigenvalue weighted by Crippen LogP contribution is 2.45. The lowest BCUT2D eigenvalue weighted by molar-refractivity contribution is -0.161. The number of phosphoric ester groups is 2. The van der Waals surface area contributed by atoms with Gasteiger partial charge >= 0.3 is 39.5 Å². The normalized spacial score (nSPS) is 14.3. The van der Waals surface area contributed by atoms with E-state index in [4.69, 9.17) is 37.0 Å². The van der Waals surface area contributed by atoms with Gasteiger partial charge in [0, 0.05) is 25.7 Å². The van der Waals surface area contributed by atoms with Gasteiger partial charge in [-0.1, -0.05) is 259 Å². The van der Waals surface area contributed by atoms with Crippen LogP contribution in [-0.4, -0.2) is 96.7 Å². The highest BCUT2D eigenvalue weighted by molar-refractivity contribution is 7.47. The molecule has 480 valence electrons. The lowest BCUT2D eigenvalue weighted by Crippen LogP contribution is -2.30. The molecule has 19 heteroatoms. The number of hydrogen-bond donors (Lipinski definition) is 3. The molecule has 0 spiro atoms. The van der Waals surface area contributed by atoms with Crippen molar-refractivity contribution in [1.82, 2.24) is 0 Å². The summed E-state index contributed by atoms with van der Waals surface area (Å²) in [6.07, 6.45) is 39.1. The number of aliphatic hydroxyl groups excluding tert-OH is 1. The number of carbonyl (C=O) groups is 4. The molecular weight excluding hydrogens is 1080 g/mol. The SMILES string of the molecule is CCCCCCCCCCCCCCC(=O)OC[C@H](COP(=O)(O)OC[C@@H](O)COP(=O)(O)OC[C@@H](COC(=O)CCCCCCCCC)OC(=O)CCCCCCCCC)OC(=O)CCCCCCCCCCCCCCC(C)C. The minimum Gasteiger partial charge on any atom is -0.462 e. The van der Waals surface area contributed by atoms with Crippen molar-refractivity contribution in [2.24, 2.45) is 5.92 Å². The Morgan fingerprint density at radius 1 is 0.333 bits per heavy atom. The van der Waals surface area contributed by atoms with Gasteiger partial charge in [-0.15, -0.1) is 0 Å². The fourth-order valence-corrected chi connectivity index (χ4v) is 10.8. The Morgan fingerprint density at radius 2 is 0.568 bits per heavy atom. The third kappa shape index (κ3) is 56.9. The van der Waals surface area contributed by atoms with Crippen LogP contribution in [0.1, 0.15) is 311 Å². The minimum atomic E-state index is -4.94. The summed E-state index contributed by atoms with van der Waals surface area (Å²) in [5.41, 5.74) is 0. The van der Waals surface area contributed by atoms with Gasteiger partial charge in [0.1, 0.15) is 19.3 Å². The van der Waals surface area contributed by atoms with E-state index in [9.17, 15) is 43.2 Å². The van der Waals surface area contributed by atoms with E-state index in [0.717, 1.165) is 121 Å². The van der Waals surface area contributed by atoms with Gasteiger partial charge in [-0.05, 0) is 31.6 Å². The average molecular weight is 1200 g/mol. The van der Waals surface area contributed by atoms with Crippen LogP contribution < -0.4 is 0 Å². The number of carbonyl (C=O) groups excluding carboxylic acids is 4. The summed E-state index contributed by atoms with van der Waals surface area (Å²) in [5, 5.41) is 10.5. The lowest BCUT2D eigenvalue weighted by atomic mass is 10.0. The molecule has 0 radical (unpaired) electrons. The molecule has 0 heterocycles. The van der Waals surface area contributed by atoms with Crippen molar-refractivity contribution in [2.75, 3.05) is 39.6 Å². The molecule has 0 aliphatic rings. The molecule has 0 saturated carbocycles. The fraction of sp³-hybridized carbons (Fsp3) is 0.935. The van der Waals surface area contributed by atoms with Crippen LogP contribution >= 0.6 is 15.6 Å². The zero-order chi connectivity index (χ0) is 59.9. The predicted octanol–water partition coefficient (Wildman–Crippen LogP) is 17.0. The van der Waals surface area contributed by atoms with E-state index in [1.807, 2.05) is 0 Å². The minimum absolute atomic E-state index is 0.103. The van der Waals surface area contributed by atoms with Gasteiger partial charge in [-0.3, -0.25) is 37.3 Å². The maximum absolute atomic E-state index is 13.0. The lowest BCUT2D eigenvalue weighted by Gasteiger charge is -2.21. The van der Waals surface area contributed by atoms with Crippen LogP contribution in [-0.2, 0) is 65.4 Å². The van der Waals surface area contributed by atoms with E-state index < -0.39 is 97.5 Å². The molecule has 0 aromatic heterocycles. The number of esters is 4. The first-order chi connectivity index (χ1) is 39.0. The molecule has 0 fully saturated rings. The van der Waals surface area contributed by atoms with Gasteiger partial charge in [0.2, 0.25) is 0 Å². The first kappa shape index (κ1) is 79.1. The first-order valence-electron chi connectivity index (χ1n) is 32.6. The van der Waals surface area contributed by atoms with Gasteiger partial charge in [0.25, 0.3) is 0 Å². The Kier molecular flexibility index (Phi) is 54.6. The zero-order valence-corrected chi connectivity index (χ0v) is 53.7. The second kappa shape index (κ2) is 55.9. The average Bonchev–Trinajstić information content (AvgIpc) is 3.43. The zero-order valence-electron chi connectivity index (χ0n) is 51.9. The largest absolute Gasteiger partial charge is 0.472 e. The molecule has 81 heavy (non-hydrogen) atoms. The van der Waals surface area contributed by atoms with Crippen molar-refractivity contribution in [3.8, 4) is 0 Å². The molecule has 3 N–H and O–H groups in total. The molecule has 0 saturated heterocycles. The Balaban J connectivity index is 5.18. The van der Waals surface area contributed by atoms with E-state index >= 15 is 0 Å². The molecule has 2 unspecified atom stereocenters. The molecule has 17 nitrogen and oxygen atoms in total. The van der Waals surface area contributed by atoms with E-state index in [0.29, 0.717) is 25.7 Å². The van der Waals surface area contributed by atoms with Crippen LogP contribution in [0.5, 0.6) is 0 Å². The van der Waals surface area contributed by atoms with Crippen LogP contribution in [0.2, 0.25) is 0 Å². The standard InChI is InChI=1S/C62H120O17P2/c1-6-9-12-15-18-19-20-24-27-32-36-41-46-60(65)73-52-58(79-62(67)48-43-38-33-28-25-22-21-23-26-31-34-39-44-55(4)5)54-77-81(70,71)75-50-56(63)49-74-80(68,69)76-53-57(78-61(66)47-42-37-30-17-14-11-8-3)51-72-59(64)45-40-35-29-16-13-10-7-2/h55-58,63H,6-54H2,1-5H3,(H,68,69)(H,70,71)/t56-,57+,58+/m0/s1. The number of aliphatic hydroxyl groups is 1. The van der Waals surface area contributed by atoms with Crippen LogP contribution in [0.25, 0.3) is 0 Å². The molecule has 0 aromatic carbocycles. The summed E-state index contributed by atoms with van der Waals surface area (Å²) >= 11 is 0. The topological polar surface area (TPSA) is 237 Å². The summed E-state index contributed by atoms with van der Waals surface area (Å²) in [5.74, 6) is -1.37. The van der Waals surface area contributed by atoms with E-state index in [1.165, 1.54) is 109 Å². The van der Waals surface area contributed by atoms with Gasteiger partial charge in [-0.25, -0.2) is 9.13 Å². The highest BCUT2D eigenvalue weighted by atomic mass is 31.2. The summed E-state index contributed by atoms with van der Waals surface area (Å²) < 4.78 is 67.7. The molecule has 0 aromatic rings. The smallest absolute Gasteiger partial charge is 0.462 e. The van der Waals surface area contributed by atoms with Crippen LogP contribution in [0.15, 0.2) is 0 Å². The Morgan fingerprint density at radius 3 is 0.840 bits per heavy atom. The summed E-state index contributed by atoms with van der Waals surface area (Å²) in [6.45, 7) is 7.11. The van der Waals surface area contributed by atoms with Crippen molar-refractivity contribution >= 4 is 39.5 Å². The molecule has 0 aliphatic heterocycles. The monoisotopic (exact) mass is 1200 g/mol. The quantitative estimate of drug-likeness (QED) is 0.0222. The van der Waals surface area contributed by atoms with Crippen molar-refractivity contribution in [3.05, 3.63) is 0 Å². The third-order valence-electron chi connectivity index (χ3n) is 14.3. The Bertz CT molecular complexity index is 1580. The molecule has 0 aliphatic carbocycles. The van der Waals surface area contributed by atoms with Crippen molar-refractivity contribution in [1.29, 1.82) is 0 Å². The van der Waals surface area contributed by atoms with E-state index in [1.54, 1.807) is 0 Å². The fourth-order valence-electron chi connectivity index (χ4n) is 9.23.